The molecule has 17 heavy (non-hydrogen) atoms. The van der Waals surface area contributed by atoms with Gasteiger partial charge in [0.15, 0.2) is 0 Å². The van der Waals surface area contributed by atoms with E-state index in [0.717, 1.165) is 13.0 Å². The fourth-order valence-corrected chi connectivity index (χ4v) is 3.83. The van der Waals surface area contributed by atoms with Crippen LogP contribution in [0.25, 0.3) is 0 Å². The summed E-state index contributed by atoms with van der Waals surface area (Å²) >= 11 is 2.39. The third-order valence-electron chi connectivity index (χ3n) is 3.23. The summed E-state index contributed by atoms with van der Waals surface area (Å²) in [6.45, 7) is 0.886. The molecule has 2 unspecified atom stereocenters. The minimum atomic E-state index is -0.230. The molecule has 0 amide bonds. The molecular weight excluding hydrogens is 332 g/mol. The summed E-state index contributed by atoms with van der Waals surface area (Å²) in [5, 5.41) is 0. The first-order chi connectivity index (χ1) is 8.00. The highest BCUT2D eigenvalue weighted by Gasteiger charge is 2.34. The molecule has 0 radical (unpaired) electrons. The summed E-state index contributed by atoms with van der Waals surface area (Å²) < 4.78 is 14.2. The molecule has 2 N–H and O–H groups in total. The Kier molecular flexibility index (Phi) is 3.77. The van der Waals surface area contributed by atoms with Crippen LogP contribution in [-0.2, 0) is 0 Å². The molecule has 0 aliphatic carbocycles. The van der Waals surface area contributed by atoms with Crippen molar-refractivity contribution in [2.24, 2.45) is 0 Å². The summed E-state index contributed by atoms with van der Waals surface area (Å²) in [6.07, 6.45) is 1.06. The number of anilines is 2. The minimum Gasteiger partial charge on any atom is -0.399 e. The topological polar surface area (TPSA) is 32.5 Å². The predicted molar refractivity (Wildman–Crippen MR) is 78.1 cm³/mol. The molecule has 1 aliphatic rings. The number of halogens is 2. The lowest BCUT2D eigenvalue weighted by atomic mass is 10.2. The van der Waals surface area contributed by atoms with E-state index in [1.807, 2.05) is 0 Å². The fourth-order valence-electron chi connectivity index (χ4n) is 2.25. The first-order valence-electron chi connectivity index (χ1n) is 5.63. The molecule has 2 atom stereocenters. The van der Waals surface area contributed by atoms with Gasteiger partial charge in [0.1, 0.15) is 5.82 Å². The smallest absolute Gasteiger partial charge is 0.148 e. The molecule has 0 saturated carbocycles. The molecule has 94 valence electrons. The summed E-state index contributed by atoms with van der Waals surface area (Å²) in [7, 11) is 4.14. The van der Waals surface area contributed by atoms with Gasteiger partial charge >= 0.3 is 0 Å². The van der Waals surface area contributed by atoms with Gasteiger partial charge in [-0.25, -0.2) is 4.39 Å². The minimum absolute atomic E-state index is 0.230. The number of benzene rings is 1. The zero-order valence-corrected chi connectivity index (χ0v) is 12.2. The monoisotopic (exact) mass is 349 g/mol. The molecular formula is C12H17FIN3. The van der Waals surface area contributed by atoms with Gasteiger partial charge in [-0.15, -0.1) is 0 Å². The molecule has 0 aromatic heterocycles. The number of nitrogen functional groups attached to an aromatic ring is 1. The van der Waals surface area contributed by atoms with Crippen molar-refractivity contribution in [3.05, 3.63) is 24.0 Å². The number of hydrogen-bond donors (Lipinski definition) is 1. The van der Waals surface area contributed by atoms with Crippen LogP contribution in [0.2, 0.25) is 0 Å². The maximum atomic E-state index is 13.9. The van der Waals surface area contributed by atoms with Gasteiger partial charge < -0.3 is 15.5 Å². The van der Waals surface area contributed by atoms with Crippen molar-refractivity contribution in [2.45, 2.75) is 16.5 Å². The first kappa shape index (κ1) is 12.9. The summed E-state index contributed by atoms with van der Waals surface area (Å²) in [5.74, 6) is -0.230. The van der Waals surface area contributed by atoms with Gasteiger partial charge in [0.2, 0.25) is 0 Å². The maximum absolute atomic E-state index is 13.9. The van der Waals surface area contributed by atoms with Gasteiger partial charge in [0, 0.05) is 18.3 Å². The third kappa shape index (κ3) is 2.49. The van der Waals surface area contributed by atoms with Crippen LogP contribution in [0.3, 0.4) is 0 Å². The highest BCUT2D eigenvalue weighted by atomic mass is 127. The number of likely N-dealkylation sites (N-methyl/N-ethyl adjacent to an activating group) is 1. The molecule has 0 spiro atoms. The van der Waals surface area contributed by atoms with E-state index in [1.54, 1.807) is 12.1 Å². The average Bonchev–Trinajstić information content (AvgIpc) is 2.60. The van der Waals surface area contributed by atoms with E-state index in [0.29, 0.717) is 21.5 Å². The van der Waals surface area contributed by atoms with Crippen LogP contribution in [0.15, 0.2) is 18.2 Å². The van der Waals surface area contributed by atoms with Gasteiger partial charge in [0.25, 0.3) is 0 Å². The second-order valence-electron chi connectivity index (χ2n) is 4.60. The van der Waals surface area contributed by atoms with E-state index in [-0.39, 0.29) is 5.82 Å². The highest BCUT2D eigenvalue weighted by Crippen LogP contribution is 2.33. The van der Waals surface area contributed by atoms with Crippen molar-refractivity contribution in [3.8, 4) is 0 Å². The Morgan fingerprint density at radius 1 is 1.47 bits per heavy atom. The van der Waals surface area contributed by atoms with E-state index >= 15 is 0 Å². The Morgan fingerprint density at radius 2 is 2.18 bits per heavy atom. The normalized spacial score (nSPS) is 24.6. The molecule has 5 heteroatoms. The van der Waals surface area contributed by atoms with Crippen molar-refractivity contribution in [3.63, 3.8) is 0 Å². The molecule has 3 nitrogen and oxygen atoms in total. The van der Waals surface area contributed by atoms with Crippen LogP contribution in [-0.4, -0.2) is 35.6 Å². The van der Waals surface area contributed by atoms with Gasteiger partial charge in [0.05, 0.1) is 9.74 Å². The van der Waals surface area contributed by atoms with E-state index in [1.165, 1.54) is 6.07 Å². The maximum Gasteiger partial charge on any atom is 0.148 e. The molecule has 1 aromatic carbocycles. The standard InChI is InChI=1S/C12H17FIN3/c1-16(2)11-5-6-17(12(11)14)10-4-3-8(15)7-9(10)13/h3-4,7,11-12H,5-6,15H2,1-2H3. The highest BCUT2D eigenvalue weighted by molar-refractivity contribution is 14.1. The van der Waals surface area contributed by atoms with E-state index in [9.17, 15) is 4.39 Å². The molecule has 0 bridgehead atoms. The van der Waals surface area contributed by atoms with Crippen molar-refractivity contribution >= 4 is 34.0 Å². The van der Waals surface area contributed by atoms with E-state index in [2.05, 4.69) is 46.5 Å². The number of nitrogens with zero attached hydrogens (tertiary/aromatic N) is 2. The van der Waals surface area contributed by atoms with Crippen molar-refractivity contribution < 1.29 is 4.39 Å². The van der Waals surface area contributed by atoms with Gasteiger partial charge in [-0.3, -0.25) is 0 Å². The lowest BCUT2D eigenvalue weighted by Crippen LogP contribution is -2.38. The number of nitrogens with two attached hydrogens (primary N) is 1. The Hall–Kier alpha value is -0.560. The van der Waals surface area contributed by atoms with Gasteiger partial charge in [-0.1, -0.05) is 22.6 Å². The molecule has 1 heterocycles. The van der Waals surface area contributed by atoms with Crippen molar-refractivity contribution in [1.29, 1.82) is 0 Å². The first-order valence-corrected chi connectivity index (χ1v) is 6.87. The van der Waals surface area contributed by atoms with Gasteiger partial charge in [-0.05, 0) is 38.7 Å². The summed E-state index contributed by atoms with van der Waals surface area (Å²) in [4.78, 5) is 4.31. The lowest BCUT2D eigenvalue weighted by molar-refractivity contribution is 0.310. The summed E-state index contributed by atoms with van der Waals surface area (Å²) in [6, 6.07) is 5.38. The second kappa shape index (κ2) is 4.97. The molecule has 1 saturated heterocycles. The fraction of sp³-hybridized carbons (Fsp3) is 0.500. The van der Waals surface area contributed by atoms with E-state index in [4.69, 9.17) is 5.73 Å². The lowest BCUT2D eigenvalue weighted by Gasteiger charge is -2.28. The van der Waals surface area contributed by atoms with Crippen molar-refractivity contribution in [1.82, 2.24) is 4.90 Å². The largest absolute Gasteiger partial charge is 0.399 e. The molecule has 1 aromatic rings. The van der Waals surface area contributed by atoms with Crippen LogP contribution < -0.4 is 10.6 Å². The zero-order chi connectivity index (χ0) is 12.6. The summed E-state index contributed by atoms with van der Waals surface area (Å²) in [5.41, 5.74) is 6.70. The second-order valence-corrected chi connectivity index (χ2v) is 5.87. The van der Waals surface area contributed by atoms with Crippen LogP contribution >= 0.6 is 22.6 Å². The Bertz CT molecular complexity index is 411. The molecule has 2 rings (SSSR count). The van der Waals surface area contributed by atoms with Crippen LogP contribution in [0, 0.1) is 5.82 Å². The van der Waals surface area contributed by atoms with Gasteiger partial charge in [-0.2, -0.15) is 0 Å². The van der Waals surface area contributed by atoms with Crippen LogP contribution in [0.5, 0.6) is 0 Å². The average molecular weight is 349 g/mol. The zero-order valence-electron chi connectivity index (χ0n) is 10.0. The number of alkyl halides is 1. The Balaban J connectivity index is 2.24. The number of hydrogen-bond acceptors (Lipinski definition) is 3. The van der Waals surface area contributed by atoms with Crippen LogP contribution in [0.4, 0.5) is 15.8 Å². The molecule has 1 aliphatic heterocycles. The number of rotatable bonds is 2. The Morgan fingerprint density at radius 3 is 2.71 bits per heavy atom. The van der Waals surface area contributed by atoms with E-state index < -0.39 is 0 Å². The van der Waals surface area contributed by atoms with Crippen molar-refractivity contribution in [2.75, 3.05) is 31.3 Å². The van der Waals surface area contributed by atoms with Crippen LogP contribution in [0.1, 0.15) is 6.42 Å². The predicted octanol–water partition coefficient (Wildman–Crippen LogP) is 2.31. The third-order valence-corrected chi connectivity index (χ3v) is 4.73. The quantitative estimate of drug-likeness (QED) is 0.385. The Labute approximate surface area is 115 Å². The SMILES string of the molecule is CN(C)C1CCN(c2ccc(N)cc2F)C1I. The molecule has 1 fully saturated rings.